The van der Waals surface area contributed by atoms with Crippen LogP contribution in [0.5, 0.6) is 0 Å². The molecule has 0 spiro atoms. The molecule has 9 heteroatoms. The van der Waals surface area contributed by atoms with E-state index in [9.17, 15) is 23.3 Å². The highest BCUT2D eigenvalue weighted by Crippen LogP contribution is 2.32. The maximum Gasteiger partial charge on any atom is 0.270 e. The second kappa shape index (κ2) is 4.59. The summed E-state index contributed by atoms with van der Waals surface area (Å²) in [7, 11) is -3.90. The van der Waals surface area contributed by atoms with Crippen LogP contribution in [-0.2, 0) is 10.0 Å². The molecule has 0 aromatic heterocycles. The molecule has 2 rings (SSSR count). The van der Waals surface area contributed by atoms with Crippen molar-refractivity contribution in [3.8, 4) is 0 Å². The summed E-state index contributed by atoms with van der Waals surface area (Å²) in [5, 5.41) is 10.6. The minimum atomic E-state index is -3.90. The molecule has 0 saturated heterocycles. The van der Waals surface area contributed by atoms with Gasteiger partial charge < -0.3 is 5.73 Å². The summed E-state index contributed by atoms with van der Waals surface area (Å²) >= 11 is 0. The number of hydrogen-bond donors (Lipinski definition) is 1. The van der Waals surface area contributed by atoms with Crippen LogP contribution in [0, 0.1) is 10.1 Å². The van der Waals surface area contributed by atoms with Crippen LogP contribution in [0.2, 0.25) is 0 Å². The van der Waals surface area contributed by atoms with Crippen LogP contribution in [0.4, 0.5) is 5.69 Å². The topological polar surface area (TPSA) is 124 Å². The van der Waals surface area contributed by atoms with Gasteiger partial charge in [0.15, 0.2) is 0 Å². The molecule has 1 aromatic carbocycles. The van der Waals surface area contributed by atoms with Gasteiger partial charge in [0.2, 0.25) is 0 Å². The van der Waals surface area contributed by atoms with Crippen LogP contribution in [0.1, 0.15) is 16.8 Å². The maximum atomic E-state index is 12.1. The summed E-state index contributed by atoms with van der Waals surface area (Å²) < 4.78 is 24.9. The van der Waals surface area contributed by atoms with Gasteiger partial charge in [-0.1, -0.05) is 0 Å². The molecule has 8 nitrogen and oxygen atoms in total. The van der Waals surface area contributed by atoms with E-state index in [4.69, 9.17) is 5.73 Å². The lowest BCUT2D eigenvalue weighted by Crippen LogP contribution is -2.32. The number of rotatable bonds is 4. The molecular weight excluding hydrogens is 274 g/mol. The minimum absolute atomic E-state index is 0.0276. The van der Waals surface area contributed by atoms with E-state index in [2.05, 4.69) is 0 Å². The van der Waals surface area contributed by atoms with Gasteiger partial charge in [-0.05, 0) is 19.0 Å². The van der Waals surface area contributed by atoms with Crippen molar-refractivity contribution >= 4 is 21.6 Å². The van der Waals surface area contributed by atoms with Gasteiger partial charge in [-0.2, -0.15) is 0 Å². The SMILES string of the molecule is NCCCN1C(=O)c2cc([N+](=O)[O-])ccc2S1(=O)=O. The number of carbonyl (C=O) groups is 1. The molecule has 1 heterocycles. The fourth-order valence-corrected chi connectivity index (χ4v) is 3.43. The smallest absolute Gasteiger partial charge is 0.270 e. The quantitative estimate of drug-likeness (QED) is 0.617. The van der Waals surface area contributed by atoms with E-state index in [0.717, 1.165) is 18.2 Å². The first-order chi connectivity index (χ1) is 8.89. The van der Waals surface area contributed by atoms with Crippen molar-refractivity contribution in [3.63, 3.8) is 0 Å². The van der Waals surface area contributed by atoms with Gasteiger partial charge >= 0.3 is 0 Å². The minimum Gasteiger partial charge on any atom is -0.330 e. The molecule has 19 heavy (non-hydrogen) atoms. The molecule has 0 atom stereocenters. The first-order valence-electron chi connectivity index (χ1n) is 5.45. The Morgan fingerprint density at radius 2 is 2.05 bits per heavy atom. The third-order valence-corrected chi connectivity index (χ3v) is 4.60. The molecule has 0 radical (unpaired) electrons. The summed E-state index contributed by atoms with van der Waals surface area (Å²) in [5.74, 6) is -0.743. The number of nitro benzene ring substituents is 1. The molecule has 0 fully saturated rings. The number of non-ortho nitro benzene ring substituents is 1. The molecule has 1 aromatic rings. The molecule has 1 aliphatic heterocycles. The standard InChI is InChI=1S/C10H11N3O5S/c11-4-1-5-12-10(14)8-6-7(13(15)16)2-3-9(8)19(12,17)18/h2-3,6H,1,4-5,11H2. The van der Waals surface area contributed by atoms with Gasteiger partial charge in [0.05, 0.1) is 10.5 Å². The molecule has 0 unspecified atom stereocenters. The number of sulfonamides is 1. The largest absolute Gasteiger partial charge is 0.330 e. The normalized spacial score (nSPS) is 16.5. The highest BCUT2D eigenvalue weighted by Gasteiger charge is 2.41. The van der Waals surface area contributed by atoms with Gasteiger partial charge in [-0.15, -0.1) is 0 Å². The fourth-order valence-electron chi connectivity index (χ4n) is 1.84. The number of nitrogens with zero attached hydrogens (tertiary/aromatic N) is 2. The van der Waals surface area contributed by atoms with Crippen molar-refractivity contribution < 1.29 is 18.1 Å². The maximum absolute atomic E-state index is 12.1. The van der Waals surface area contributed by atoms with Crippen LogP contribution in [0.3, 0.4) is 0 Å². The Labute approximate surface area is 109 Å². The summed E-state index contributed by atoms with van der Waals surface area (Å²) in [6.07, 6.45) is 0.334. The fraction of sp³-hybridized carbons (Fsp3) is 0.300. The second-order valence-electron chi connectivity index (χ2n) is 3.96. The van der Waals surface area contributed by atoms with E-state index in [1.54, 1.807) is 0 Å². The third kappa shape index (κ3) is 2.06. The van der Waals surface area contributed by atoms with Gasteiger partial charge in [-0.3, -0.25) is 14.9 Å². The van der Waals surface area contributed by atoms with E-state index in [-0.39, 0.29) is 29.2 Å². The summed E-state index contributed by atoms with van der Waals surface area (Å²) in [4.78, 5) is 21.7. The highest BCUT2D eigenvalue weighted by molar-refractivity contribution is 7.90. The molecule has 0 saturated carbocycles. The lowest BCUT2D eigenvalue weighted by atomic mass is 10.2. The van der Waals surface area contributed by atoms with E-state index >= 15 is 0 Å². The van der Waals surface area contributed by atoms with Crippen molar-refractivity contribution in [2.45, 2.75) is 11.3 Å². The summed E-state index contributed by atoms with van der Waals surface area (Å²) in [5.41, 5.74) is 4.81. The monoisotopic (exact) mass is 285 g/mol. The third-order valence-electron chi connectivity index (χ3n) is 2.76. The summed E-state index contributed by atoms with van der Waals surface area (Å²) in [6, 6.07) is 3.14. The molecular formula is C10H11N3O5S. The van der Waals surface area contributed by atoms with Crippen LogP contribution < -0.4 is 5.73 Å². The lowest BCUT2D eigenvalue weighted by Gasteiger charge is -2.13. The van der Waals surface area contributed by atoms with Crippen LogP contribution in [-0.4, -0.2) is 36.6 Å². The molecule has 0 bridgehead atoms. The van der Waals surface area contributed by atoms with Crippen molar-refractivity contribution in [1.82, 2.24) is 4.31 Å². The average molecular weight is 285 g/mol. The number of fused-ring (bicyclic) bond motifs is 1. The zero-order valence-electron chi connectivity index (χ0n) is 9.77. The molecule has 1 amide bonds. The highest BCUT2D eigenvalue weighted by atomic mass is 32.2. The first kappa shape index (κ1) is 13.4. The Balaban J connectivity index is 2.50. The van der Waals surface area contributed by atoms with Crippen LogP contribution in [0.25, 0.3) is 0 Å². The van der Waals surface area contributed by atoms with Crippen molar-refractivity contribution in [1.29, 1.82) is 0 Å². The Hall–Kier alpha value is -2.00. The van der Waals surface area contributed by atoms with Gasteiger partial charge in [0.25, 0.3) is 21.6 Å². The van der Waals surface area contributed by atoms with E-state index in [1.165, 1.54) is 0 Å². The second-order valence-corrected chi connectivity index (χ2v) is 5.79. The first-order valence-corrected chi connectivity index (χ1v) is 6.89. The van der Waals surface area contributed by atoms with Crippen LogP contribution in [0.15, 0.2) is 23.1 Å². The Morgan fingerprint density at radius 1 is 1.37 bits per heavy atom. The summed E-state index contributed by atoms with van der Waals surface area (Å²) in [6.45, 7) is 0.218. The van der Waals surface area contributed by atoms with Crippen molar-refractivity contribution in [2.24, 2.45) is 5.73 Å². The number of amides is 1. The molecule has 2 N–H and O–H groups in total. The van der Waals surface area contributed by atoms with Gasteiger partial charge in [0.1, 0.15) is 4.90 Å². The Bertz CT molecular complexity index is 655. The predicted octanol–water partition coefficient (Wildman–Crippen LogP) is 0.0881. The van der Waals surface area contributed by atoms with E-state index < -0.39 is 20.9 Å². The van der Waals surface area contributed by atoms with E-state index in [0.29, 0.717) is 10.7 Å². The number of benzene rings is 1. The average Bonchev–Trinajstić information content (AvgIpc) is 2.55. The zero-order chi connectivity index (χ0) is 14.2. The number of nitrogens with two attached hydrogens (primary N) is 1. The number of hydrogen-bond acceptors (Lipinski definition) is 6. The number of carbonyl (C=O) groups excluding carboxylic acids is 1. The molecule has 1 aliphatic rings. The van der Waals surface area contributed by atoms with Crippen molar-refractivity contribution in [3.05, 3.63) is 33.9 Å². The van der Waals surface area contributed by atoms with Crippen LogP contribution >= 0.6 is 0 Å². The predicted molar refractivity (Wildman–Crippen MR) is 65.0 cm³/mol. The van der Waals surface area contributed by atoms with Gasteiger partial charge in [-0.25, -0.2) is 12.7 Å². The Kier molecular flexibility index (Phi) is 3.25. The molecule has 0 aliphatic carbocycles. The lowest BCUT2D eigenvalue weighted by molar-refractivity contribution is -0.384. The van der Waals surface area contributed by atoms with E-state index in [1.807, 2.05) is 0 Å². The van der Waals surface area contributed by atoms with Crippen molar-refractivity contribution in [2.75, 3.05) is 13.1 Å². The number of nitro groups is 1. The van der Waals surface area contributed by atoms with Gasteiger partial charge in [0, 0.05) is 18.7 Å². The molecule has 102 valence electrons. The zero-order valence-corrected chi connectivity index (χ0v) is 10.6. The Morgan fingerprint density at radius 3 is 2.63 bits per heavy atom.